The monoisotopic (exact) mass is 498 g/mol. The maximum Gasteiger partial charge on any atom is 0.308 e. The van der Waals surface area contributed by atoms with Crippen molar-refractivity contribution in [3.8, 4) is 10.6 Å². The molecule has 0 aromatic carbocycles. The zero-order valence-electron chi connectivity index (χ0n) is 21.0. The molecule has 2 unspecified atom stereocenters. The van der Waals surface area contributed by atoms with Crippen LogP contribution in [0.3, 0.4) is 0 Å². The van der Waals surface area contributed by atoms with Crippen molar-refractivity contribution < 1.29 is 14.6 Å². The molecule has 0 radical (unpaired) electrons. The summed E-state index contributed by atoms with van der Waals surface area (Å²) in [5, 5.41) is 17.2. The largest absolute Gasteiger partial charge is 0.460 e. The van der Waals surface area contributed by atoms with E-state index in [1.54, 1.807) is 17.5 Å². The van der Waals surface area contributed by atoms with Gasteiger partial charge < -0.3 is 20.5 Å². The lowest BCUT2D eigenvalue weighted by molar-refractivity contribution is -0.154. The van der Waals surface area contributed by atoms with Crippen molar-refractivity contribution in [1.82, 2.24) is 19.9 Å². The van der Waals surface area contributed by atoms with Gasteiger partial charge in [0, 0.05) is 25.4 Å². The molecule has 1 fully saturated rings. The van der Waals surface area contributed by atoms with Crippen molar-refractivity contribution in [2.75, 3.05) is 23.8 Å². The van der Waals surface area contributed by atoms with Crippen LogP contribution in [0.5, 0.6) is 0 Å². The van der Waals surface area contributed by atoms with Gasteiger partial charge in [0.15, 0.2) is 0 Å². The number of nitrogens with one attached hydrogen (secondary N) is 2. The van der Waals surface area contributed by atoms with Gasteiger partial charge in [0.05, 0.1) is 28.1 Å². The number of nitrogens with zero attached hydrogens (tertiary/aromatic N) is 4. The molecule has 1 saturated carbocycles. The summed E-state index contributed by atoms with van der Waals surface area (Å²) in [5.41, 5.74) is 2.93. The lowest BCUT2D eigenvalue weighted by Crippen LogP contribution is -2.25. The zero-order chi connectivity index (χ0) is 25.2. The average molecular weight is 499 g/mol. The molecule has 0 amide bonds. The van der Waals surface area contributed by atoms with Gasteiger partial charge in [-0.1, -0.05) is 0 Å². The molecule has 0 aliphatic heterocycles. The van der Waals surface area contributed by atoms with Crippen molar-refractivity contribution in [1.29, 1.82) is 0 Å². The fourth-order valence-electron chi connectivity index (χ4n) is 4.34. The molecule has 35 heavy (non-hydrogen) atoms. The molecule has 3 heterocycles. The number of aryl methyl sites for hydroxylation is 2. The number of aromatic nitrogens is 4. The Labute approximate surface area is 209 Å². The minimum Gasteiger partial charge on any atom is -0.460 e. The highest BCUT2D eigenvalue weighted by molar-refractivity contribution is 7.21. The molecule has 1 aliphatic carbocycles. The maximum atomic E-state index is 12.1. The molecule has 3 N–H and O–H groups in total. The van der Waals surface area contributed by atoms with Crippen LogP contribution in [0.25, 0.3) is 20.8 Å². The smallest absolute Gasteiger partial charge is 0.308 e. The van der Waals surface area contributed by atoms with E-state index in [4.69, 9.17) is 14.7 Å². The normalized spacial score (nSPS) is 18.1. The molecule has 9 nitrogen and oxygen atoms in total. The molecule has 3 aromatic rings. The number of carbonyl (C=O) groups is 1. The highest BCUT2D eigenvalue weighted by Gasteiger charge is 2.27. The van der Waals surface area contributed by atoms with E-state index in [-0.39, 0.29) is 25.0 Å². The SMILES string of the molecule is Cc1nc(NCCC(=O)OC(C)(C)C)nc(NC2CCC(CO)C2)c1-c1nc2c(C)nccc2s1. The Hall–Kier alpha value is -2.85. The topological polar surface area (TPSA) is 122 Å². The minimum absolute atomic E-state index is 0.204. The van der Waals surface area contributed by atoms with E-state index in [9.17, 15) is 9.90 Å². The van der Waals surface area contributed by atoms with E-state index in [0.29, 0.717) is 24.2 Å². The summed E-state index contributed by atoms with van der Waals surface area (Å²) in [4.78, 5) is 30.8. The molecule has 0 saturated heterocycles. The molecule has 0 bridgehead atoms. The van der Waals surface area contributed by atoms with E-state index < -0.39 is 5.60 Å². The second-order valence-corrected chi connectivity index (χ2v) is 11.1. The summed E-state index contributed by atoms with van der Waals surface area (Å²) in [6.45, 7) is 10.0. The quantitative estimate of drug-likeness (QED) is 0.386. The Morgan fingerprint density at radius 1 is 1.20 bits per heavy atom. The molecule has 1 aliphatic rings. The van der Waals surface area contributed by atoms with Crippen LogP contribution in [0.4, 0.5) is 11.8 Å². The fourth-order valence-corrected chi connectivity index (χ4v) is 5.45. The summed E-state index contributed by atoms with van der Waals surface area (Å²) in [5.74, 6) is 1.20. The maximum absolute atomic E-state index is 12.1. The first-order valence-corrected chi connectivity index (χ1v) is 12.9. The van der Waals surface area contributed by atoms with E-state index in [1.165, 1.54) is 0 Å². The number of hydrogen-bond donors (Lipinski definition) is 3. The van der Waals surface area contributed by atoms with Crippen molar-refractivity contribution in [3.05, 3.63) is 23.7 Å². The van der Waals surface area contributed by atoms with Crippen molar-refractivity contribution in [2.24, 2.45) is 5.92 Å². The Balaban J connectivity index is 1.61. The third-order valence-corrected chi connectivity index (χ3v) is 7.00. The van der Waals surface area contributed by atoms with Crippen LogP contribution >= 0.6 is 11.3 Å². The highest BCUT2D eigenvalue weighted by atomic mass is 32.1. The summed E-state index contributed by atoms with van der Waals surface area (Å²) < 4.78 is 6.45. The van der Waals surface area contributed by atoms with Crippen LogP contribution in [-0.2, 0) is 9.53 Å². The number of esters is 1. The average Bonchev–Trinajstić information content (AvgIpc) is 3.40. The van der Waals surface area contributed by atoms with Gasteiger partial charge in [-0.15, -0.1) is 11.3 Å². The van der Waals surface area contributed by atoms with Crippen LogP contribution < -0.4 is 10.6 Å². The Kier molecular flexibility index (Phi) is 7.51. The summed E-state index contributed by atoms with van der Waals surface area (Å²) in [6, 6.07) is 2.19. The molecular weight excluding hydrogens is 464 g/mol. The van der Waals surface area contributed by atoms with Gasteiger partial charge in [-0.25, -0.2) is 9.97 Å². The molecule has 188 valence electrons. The van der Waals surface area contributed by atoms with Gasteiger partial charge in [-0.3, -0.25) is 9.78 Å². The standard InChI is InChI=1S/C25H34N6O3S/c1-14-20(23-30-21-15(2)26-10-8-18(21)35-23)22(29-17-7-6-16(12-17)13-32)31-24(28-14)27-11-9-19(33)34-25(3,4)5/h8,10,16-17,32H,6-7,9,11-13H2,1-5H3,(H2,27,28,29,31). The number of aliphatic hydroxyl groups excluding tert-OH is 1. The lowest BCUT2D eigenvalue weighted by atomic mass is 10.1. The summed E-state index contributed by atoms with van der Waals surface area (Å²) >= 11 is 1.60. The number of pyridine rings is 1. The van der Waals surface area contributed by atoms with Gasteiger partial charge in [-0.2, -0.15) is 4.98 Å². The second kappa shape index (κ2) is 10.4. The van der Waals surface area contributed by atoms with Crippen LogP contribution in [0.2, 0.25) is 0 Å². The Morgan fingerprint density at radius 2 is 2.00 bits per heavy atom. The first-order chi connectivity index (χ1) is 16.6. The third-order valence-electron chi connectivity index (χ3n) is 5.97. The zero-order valence-corrected chi connectivity index (χ0v) is 21.8. The fraction of sp³-hybridized carbons (Fsp3) is 0.560. The Morgan fingerprint density at radius 3 is 2.69 bits per heavy atom. The van der Waals surface area contributed by atoms with Gasteiger partial charge >= 0.3 is 5.97 Å². The number of fused-ring (bicyclic) bond motifs is 1. The molecule has 4 rings (SSSR count). The first kappa shape index (κ1) is 25.2. The molecule has 0 spiro atoms. The number of hydrogen-bond acceptors (Lipinski definition) is 10. The predicted octanol–water partition coefficient (Wildman–Crippen LogP) is 4.48. The molecule has 10 heteroatoms. The first-order valence-electron chi connectivity index (χ1n) is 12.1. The number of rotatable bonds is 8. The number of anilines is 2. The van der Waals surface area contributed by atoms with Gasteiger partial charge in [0.1, 0.15) is 21.9 Å². The Bertz CT molecular complexity index is 1210. The van der Waals surface area contributed by atoms with Crippen molar-refractivity contribution in [3.63, 3.8) is 0 Å². The summed E-state index contributed by atoms with van der Waals surface area (Å²) in [7, 11) is 0. The second-order valence-electron chi connectivity index (χ2n) is 10.1. The van der Waals surface area contributed by atoms with E-state index in [0.717, 1.165) is 51.4 Å². The van der Waals surface area contributed by atoms with E-state index in [2.05, 4.69) is 20.6 Å². The van der Waals surface area contributed by atoms with Crippen molar-refractivity contribution >= 4 is 39.3 Å². The third kappa shape index (κ3) is 6.24. The highest BCUT2D eigenvalue weighted by Crippen LogP contribution is 2.38. The van der Waals surface area contributed by atoms with Crippen LogP contribution in [0.15, 0.2) is 12.3 Å². The van der Waals surface area contributed by atoms with Crippen molar-refractivity contribution in [2.45, 2.75) is 71.9 Å². The number of ether oxygens (including phenoxy) is 1. The number of carbonyl (C=O) groups excluding carboxylic acids is 1. The molecular formula is C25H34N6O3S. The lowest BCUT2D eigenvalue weighted by Gasteiger charge is -2.20. The van der Waals surface area contributed by atoms with Crippen LogP contribution in [-0.4, -0.2) is 55.8 Å². The number of thiazole rings is 1. The van der Waals surface area contributed by atoms with Gasteiger partial charge in [0.25, 0.3) is 0 Å². The van der Waals surface area contributed by atoms with Gasteiger partial charge in [0.2, 0.25) is 5.95 Å². The molecule has 2 atom stereocenters. The summed E-state index contributed by atoms with van der Waals surface area (Å²) in [6.07, 6.45) is 4.87. The van der Waals surface area contributed by atoms with E-state index in [1.807, 2.05) is 40.7 Å². The van der Waals surface area contributed by atoms with E-state index >= 15 is 0 Å². The number of aliphatic hydroxyl groups is 1. The van der Waals surface area contributed by atoms with Crippen LogP contribution in [0.1, 0.15) is 57.8 Å². The van der Waals surface area contributed by atoms with Crippen LogP contribution in [0, 0.1) is 19.8 Å². The van der Waals surface area contributed by atoms with Gasteiger partial charge in [-0.05, 0) is 65.9 Å². The predicted molar refractivity (Wildman–Crippen MR) is 139 cm³/mol. The minimum atomic E-state index is -0.512. The molecule has 3 aromatic heterocycles.